The van der Waals surface area contributed by atoms with Crippen molar-refractivity contribution in [2.24, 2.45) is 12.8 Å². The molecule has 0 aliphatic heterocycles. The molecule has 11 heavy (non-hydrogen) atoms. The molecule has 0 amide bonds. The quantitative estimate of drug-likeness (QED) is 0.621. The zero-order chi connectivity index (χ0) is 8.43. The number of aromatic nitrogens is 2. The maximum Gasteiger partial charge on any atom is 0.110 e. The lowest BCUT2D eigenvalue weighted by Crippen LogP contribution is -2.26. The lowest BCUT2D eigenvalue weighted by Gasteiger charge is -2.13. The van der Waals surface area contributed by atoms with Crippen molar-refractivity contribution in [3.63, 3.8) is 0 Å². The third kappa shape index (κ3) is 1.58. The van der Waals surface area contributed by atoms with Gasteiger partial charge in [0.25, 0.3) is 0 Å². The van der Waals surface area contributed by atoms with E-state index >= 15 is 0 Å². The van der Waals surface area contributed by atoms with Gasteiger partial charge in [-0.25, -0.2) is 0 Å². The summed E-state index contributed by atoms with van der Waals surface area (Å²) < 4.78 is 1.62. The standard InChI is InChI=1S/C7H13N3O/c1-5(8)7(11)6-3-4-9-10(6)2/h3-5,7,11H,8H2,1-2H3. The second-order valence-electron chi connectivity index (χ2n) is 2.68. The number of hydrogen-bond donors (Lipinski definition) is 2. The van der Waals surface area contributed by atoms with Gasteiger partial charge in [0.05, 0.1) is 5.69 Å². The summed E-state index contributed by atoms with van der Waals surface area (Å²) in [5, 5.41) is 13.4. The van der Waals surface area contributed by atoms with Crippen LogP contribution in [-0.4, -0.2) is 20.9 Å². The van der Waals surface area contributed by atoms with E-state index in [2.05, 4.69) is 5.10 Å². The van der Waals surface area contributed by atoms with Crippen LogP contribution in [0.2, 0.25) is 0 Å². The Morgan fingerprint density at radius 2 is 2.36 bits per heavy atom. The Balaban J connectivity index is 2.84. The minimum atomic E-state index is -0.623. The van der Waals surface area contributed by atoms with Gasteiger partial charge in [0.2, 0.25) is 0 Å². The molecule has 1 rings (SSSR count). The van der Waals surface area contributed by atoms with Crippen LogP contribution in [0.4, 0.5) is 0 Å². The highest BCUT2D eigenvalue weighted by atomic mass is 16.3. The van der Waals surface area contributed by atoms with Crippen molar-refractivity contribution >= 4 is 0 Å². The molecule has 2 unspecified atom stereocenters. The first-order valence-corrected chi connectivity index (χ1v) is 3.54. The van der Waals surface area contributed by atoms with Crippen molar-refractivity contribution in [2.45, 2.75) is 19.1 Å². The van der Waals surface area contributed by atoms with Crippen LogP contribution in [0.5, 0.6) is 0 Å². The van der Waals surface area contributed by atoms with Gasteiger partial charge in [-0.2, -0.15) is 5.10 Å². The molecule has 1 heterocycles. The number of nitrogens with zero attached hydrogens (tertiary/aromatic N) is 2. The maximum absolute atomic E-state index is 9.48. The summed E-state index contributed by atoms with van der Waals surface area (Å²) in [4.78, 5) is 0. The summed E-state index contributed by atoms with van der Waals surface area (Å²) in [5.74, 6) is 0. The van der Waals surface area contributed by atoms with Crippen LogP contribution in [0, 0.1) is 0 Å². The lowest BCUT2D eigenvalue weighted by atomic mass is 10.1. The summed E-state index contributed by atoms with van der Waals surface area (Å²) >= 11 is 0. The topological polar surface area (TPSA) is 64.1 Å². The third-order valence-electron chi connectivity index (χ3n) is 1.66. The normalized spacial score (nSPS) is 16.4. The molecule has 0 bridgehead atoms. The van der Waals surface area contributed by atoms with E-state index < -0.39 is 6.10 Å². The molecule has 1 aromatic rings. The molecule has 1 aromatic heterocycles. The first-order chi connectivity index (χ1) is 5.13. The highest BCUT2D eigenvalue weighted by Gasteiger charge is 2.14. The Hall–Kier alpha value is -0.870. The van der Waals surface area contributed by atoms with Crippen molar-refractivity contribution in [3.05, 3.63) is 18.0 Å². The van der Waals surface area contributed by atoms with Crippen LogP contribution in [0.3, 0.4) is 0 Å². The van der Waals surface area contributed by atoms with E-state index in [-0.39, 0.29) is 6.04 Å². The summed E-state index contributed by atoms with van der Waals surface area (Å²) in [5.41, 5.74) is 6.25. The largest absolute Gasteiger partial charge is 0.385 e. The van der Waals surface area contributed by atoms with Gasteiger partial charge < -0.3 is 10.8 Å². The van der Waals surface area contributed by atoms with E-state index in [1.54, 1.807) is 30.9 Å². The number of aliphatic hydroxyl groups is 1. The Kier molecular flexibility index (Phi) is 2.26. The zero-order valence-corrected chi connectivity index (χ0v) is 6.73. The van der Waals surface area contributed by atoms with Gasteiger partial charge in [0.15, 0.2) is 0 Å². The van der Waals surface area contributed by atoms with Crippen LogP contribution in [0.15, 0.2) is 12.3 Å². The maximum atomic E-state index is 9.48. The summed E-state index contributed by atoms with van der Waals surface area (Å²) in [6, 6.07) is 1.50. The number of aryl methyl sites for hydroxylation is 1. The fourth-order valence-electron chi connectivity index (χ4n) is 0.944. The fraction of sp³-hybridized carbons (Fsp3) is 0.571. The smallest absolute Gasteiger partial charge is 0.110 e. The fourth-order valence-corrected chi connectivity index (χ4v) is 0.944. The van der Waals surface area contributed by atoms with Crippen molar-refractivity contribution < 1.29 is 5.11 Å². The molecule has 0 aliphatic rings. The van der Waals surface area contributed by atoms with Crippen LogP contribution in [0.1, 0.15) is 18.7 Å². The molecular weight excluding hydrogens is 142 g/mol. The average molecular weight is 155 g/mol. The van der Waals surface area contributed by atoms with Crippen molar-refractivity contribution in [1.29, 1.82) is 0 Å². The van der Waals surface area contributed by atoms with Gasteiger partial charge in [-0.3, -0.25) is 4.68 Å². The Bertz CT molecular complexity index is 231. The number of rotatable bonds is 2. The molecule has 0 saturated carbocycles. The van der Waals surface area contributed by atoms with Gasteiger partial charge in [-0.15, -0.1) is 0 Å². The Labute approximate surface area is 65.6 Å². The molecule has 4 heteroatoms. The molecule has 4 nitrogen and oxygen atoms in total. The van der Waals surface area contributed by atoms with Gasteiger partial charge in [0.1, 0.15) is 6.10 Å². The minimum absolute atomic E-state index is 0.259. The van der Waals surface area contributed by atoms with E-state index in [1.165, 1.54) is 0 Å². The van der Waals surface area contributed by atoms with Crippen molar-refractivity contribution in [2.75, 3.05) is 0 Å². The number of nitrogens with two attached hydrogens (primary N) is 1. The predicted molar refractivity (Wildman–Crippen MR) is 41.8 cm³/mol. The second-order valence-corrected chi connectivity index (χ2v) is 2.68. The highest BCUT2D eigenvalue weighted by molar-refractivity contribution is 5.05. The molecule has 0 aliphatic carbocycles. The third-order valence-corrected chi connectivity index (χ3v) is 1.66. The highest BCUT2D eigenvalue weighted by Crippen LogP contribution is 2.12. The molecule has 62 valence electrons. The van der Waals surface area contributed by atoms with Crippen molar-refractivity contribution in [3.8, 4) is 0 Å². The first-order valence-electron chi connectivity index (χ1n) is 3.54. The van der Waals surface area contributed by atoms with E-state index in [4.69, 9.17) is 5.73 Å². The van der Waals surface area contributed by atoms with E-state index in [9.17, 15) is 5.11 Å². The zero-order valence-electron chi connectivity index (χ0n) is 6.73. The Morgan fingerprint density at radius 3 is 2.73 bits per heavy atom. The molecule has 0 fully saturated rings. The van der Waals surface area contributed by atoms with Crippen LogP contribution < -0.4 is 5.73 Å². The minimum Gasteiger partial charge on any atom is -0.385 e. The summed E-state index contributed by atoms with van der Waals surface area (Å²) in [6.45, 7) is 1.76. The number of hydrogen-bond acceptors (Lipinski definition) is 3. The molecule has 0 radical (unpaired) electrons. The van der Waals surface area contributed by atoms with E-state index in [1.807, 2.05) is 0 Å². The van der Waals surface area contributed by atoms with Crippen LogP contribution in [0.25, 0.3) is 0 Å². The molecule has 0 spiro atoms. The number of aliphatic hydroxyl groups excluding tert-OH is 1. The average Bonchev–Trinajstić information content (AvgIpc) is 2.33. The van der Waals surface area contributed by atoms with Crippen LogP contribution in [-0.2, 0) is 7.05 Å². The molecule has 2 atom stereocenters. The van der Waals surface area contributed by atoms with Gasteiger partial charge in [0, 0.05) is 19.3 Å². The van der Waals surface area contributed by atoms with Crippen molar-refractivity contribution in [1.82, 2.24) is 9.78 Å². The first kappa shape index (κ1) is 8.23. The summed E-state index contributed by atoms with van der Waals surface area (Å²) in [6.07, 6.45) is 1.02. The van der Waals surface area contributed by atoms with Gasteiger partial charge in [-0.1, -0.05) is 0 Å². The Morgan fingerprint density at radius 1 is 1.73 bits per heavy atom. The van der Waals surface area contributed by atoms with Gasteiger partial charge in [-0.05, 0) is 13.0 Å². The molecule has 3 N–H and O–H groups in total. The monoisotopic (exact) mass is 155 g/mol. The van der Waals surface area contributed by atoms with Gasteiger partial charge >= 0.3 is 0 Å². The lowest BCUT2D eigenvalue weighted by molar-refractivity contribution is 0.144. The molecule has 0 saturated heterocycles. The predicted octanol–water partition coefficient (Wildman–Crippen LogP) is -0.199. The van der Waals surface area contributed by atoms with E-state index in [0.717, 1.165) is 5.69 Å². The second kappa shape index (κ2) is 3.02. The van der Waals surface area contributed by atoms with E-state index in [0.29, 0.717) is 0 Å². The summed E-state index contributed by atoms with van der Waals surface area (Å²) in [7, 11) is 1.78. The van der Waals surface area contributed by atoms with Crippen LogP contribution >= 0.6 is 0 Å². The molecule has 0 aromatic carbocycles. The SMILES string of the molecule is CC(N)C(O)c1ccnn1C. The molecular formula is C7H13N3O.